The molecule has 0 amide bonds. The van der Waals surface area contributed by atoms with Crippen LogP contribution in [-0.4, -0.2) is 11.5 Å². The summed E-state index contributed by atoms with van der Waals surface area (Å²) in [6, 6.07) is 1.59. The van der Waals surface area contributed by atoms with Crippen LogP contribution in [-0.2, 0) is 0 Å². The normalized spacial score (nSPS) is 13.3. The summed E-state index contributed by atoms with van der Waals surface area (Å²) < 4.78 is 25.4. The number of phenolic OH excluding ortho intramolecular Hbond substituents is 1. The number of nitrogens with two attached hydrogens (primary N) is 1. The van der Waals surface area contributed by atoms with Gasteiger partial charge in [0, 0.05) is 10.0 Å². The van der Waals surface area contributed by atoms with Gasteiger partial charge in [0.1, 0.15) is 5.75 Å². The zero-order valence-corrected chi connectivity index (χ0v) is 10.0. The maximum absolute atomic E-state index is 12.3. The van der Waals surface area contributed by atoms with Crippen molar-refractivity contribution in [2.75, 3.05) is 0 Å². The van der Waals surface area contributed by atoms with E-state index in [-0.39, 0.29) is 11.3 Å². The van der Waals surface area contributed by atoms with Crippen molar-refractivity contribution in [3.05, 3.63) is 26.6 Å². The maximum Gasteiger partial charge on any atom is 0.257 e. The molecule has 0 aliphatic heterocycles. The van der Waals surface area contributed by atoms with E-state index in [1.807, 2.05) is 0 Å². The van der Waals surface area contributed by atoms with Crippen LogP contribution in [0.3, 0.4) is 0 Å². The van der Waals surface area contributed by atoms with Gasteiger partial charge in [-0.2, -0.15) is 0 Å². The van der Waals surface area contributed by atoms with E-state index in [9.17, 15) is 13.9 Å². The first-order valence-corrected chi connectivity index (χ1v) is 5.24. The van der Waals surface area contributed by atoms with Gasteiger partial charge in [-0.1, -0.05) is 15.9 Å². The second kappa shape index (κ2) is 4.55. The van der Waals surface area contributed by atoms with Crippen LogP contribution in [0.25, 0.3) is 0 Å². The Morgan fingerprint density at radius 2 is 1.71 bits per heavy atom. The molecule has 0 saturated heterocycles. The van der Waals surface area contributed by atoms with Gasteiger partial charge in [0.15, 0.2) is 0 Å². The molecule has 1 aromatic carbocycles. The van der Waals surface area contributed by atoms with Gasteiger partial charge >= 0.3 is 0 Å². The molecule has 0 bridgehead atoms. The van der Waals surface area contributed by atoms with E-state index >= 15 is 0 Å². The molecule has 1 aromatic rings. The number of hydrogen-bond donors (Lipinski definition) is 2. The first kappa shape index (κ1) is 11.9. The largest absolute Gasteiger partial charge is 0.506 e. The van der Waals surface area contributed by atoms with E-state index in [0.29, 0.717) is 8.95 Å². The SMILES string of the molecule is N[C@@H](c1c(Br)ccc(Br)c1O)C(F)F. The Labute approximate surface area is 96.4 Å². The minimum atomic E-state index is -2.72. The lowest BCUT2D eigenvalue weighted by molar-refractivity contribution is 0.115. The third-order valence-electron chi connectivity index (χ3n) is 1.72. The summed E-state index contributed by atoms with van der Waals surface area (Å²) >= 11 is 6.08. The van der Waals surface area contributed by atoms with Gasteiger partial charge in [-0.3, -0.25) is 0 Å². The predicted octanol–water partition coefficient (Wildman–Crippen LogP) is 3.18. The van der Waals surface area contributed by atoms with Crippen LogP contribution >= 0.6 is 31.9 Å². The summed E-state index contributed by atoms with van der Waals surface area (Å²) in [6.45, 7) is 0. The topological polar surface area (TPSA) is 46.2 Å². The molecule has 6 heteroatoms. The first-order valence-electron chi connectivity index (χ1n) is 3.65. The third-order valence-corrected chi connectivity index (χ3v) is 3.05. The molecule has 0 aliphatic carbocycles. The van der Waals surface area contributed by atoms with Crippen LogP contribution in [0, 0.1) is 0 Å². The van der Waals surface area contributed by atoms with Gasteiger partial charge in [-0.15, -0.1) is 0 Å². The van der Waals surface area contributed by atoms with E-state index in [1.165, 1.54) is 0 Å². The fraction of sp³-hybridized carbons (Fsp3) is 0.250. The van der Waals surface area contributed by atoms with Gasteiger partial charge in [0.05, 0.1) is 10.5 Å². The number of aromatic hydroxyl groups is 1. The van der Waals surface area contributed by atoms with E-state index in [0.717, 1.165) is 0 Å². The number of phenols is 1. The Kier molecular flexibility index (Phi) is 3.86. The van der Waals surface area contributed by atoms with E-state index in [2.05, 4.69) is 31.9 Å². The maximum atomic E-state index is 12.3. The molecule has 0 fully saturated rings. The van der Waals surface area contributed by atoms with Crippen molar-refractivity contribution in [3.63, 3.8) is 0 Å². The molecule has 0 unspecified atom stereocenters. The fourth-order valence-corrected chi connectivity index (χ4v) is 1.93. The predicted molar refractivity (Wildman–Crippen MR) is 56.4 cm³/mol. The Morgan fingerprint density at radius 3 is 2.21 bits per heavy atom. The molecule has 0 spiro atoms. The second-order valence-electron chi connectivity index (χ2n) is 2.65. The lowest BCUT2D eigenvalue weighted by Gasteiger charge is -2.15. The Hall–Kier alpha value is -0.200. The van der Waals surface area contributed by atoms with Crippen molar-refractivity contribution >= 4 is 31.9 Å². The van der Waals surface area contributed by atoms with Gasteiger partial charge in [0.2, 0.25) is 0 Å². The summed E-state index contributed by atoms with van der Waals surface area (Å²) in [5.74, 6) is -0.257. The average Bonchev–Trinajstić information content (AvgIpc) is 2.12. The van der Waals surface area contributed by atoms with Crippen molar-refractivity contribution in [2.45, 2.75) is 12.5 Å². The number of hydrogen-bond acceptors (Lipinski definition) is 2. The van der Waals surface area contributed by atoms with Gasteiger partial charge in [-0.05, 0) is 28.1 Å². The van der Waals surface area contributed by atoms with Crippen molar-refractivity contribution in [2.24, 2.45) is 5.73 Å². The average molecular weight is 331 g/mol. The molecule has 1 rings (SSSR count). The second-order valence-corrected chi connectivity index (χ2v) is 4.36. The molecular formula is C8H7Br2F2NO. The van der Waals surface area contributed by atoms with E-state index < -0.39 is 12.5 Å². The molecule has 78 valence electrons. The van der Waals surface area contributed by atoms with Crippen molar-refractivity contribution in [3.8, 4) is 5.75 Å². The Morgan fingerprint density at radius 1 is 1.21 bits per heavy atom. The van der Waals surface area contributed by atoms with Crippen LogP contribution in [0.5, 0.6) is 5.75 Å². The quantitative estimate of drug-likeness (QED) is 0.874. The highest BCUT2D eigenvalue weighted by Crippen LogP contribution is 2.38. The molecule has 0 aromatic heterocycles. The van der Waals surface area contributed by atoms with Crippen LogP contribution in [0.1, 0.15) is 11.6 Å². The molecule has 0 aliphatic rings. The van der Waals surface area contributed by atoms with Gasteiger partial charge in [-0.25, -0.2) is 8.78 Å². The highest BCUT2D eigenvalue weighted by Gasteiger charge is 2.24. The zero-order valence-electron chi connectivity index (χ0n) is 6.85. The molecule has 0 saturated carbocycles. The first-order chi connectivity index (χ1) is 6.45. The Bertz CT molecular complexity index is 346. The van der Waals surface area contributed by atoms with E-state index in [1.54, 1.807) is 12.1 Å². The van der Waals surface area contributed by atoms with Crippen molar-refractivity contribution in [1.82, 2.24) is 0 Å². The summed E-state index contributed by atoms with van der Waals surface area (Å²) in [5, 5.41) is 9.51. The minimum Gasteiger partial charge on any atom is -0.506 e. The van der Waals surface area contributed by atoms with E-state index in [4.69, 9.17) is 5.73 Å². The smallest absolute Gasteiger partial charge is 0.257 e. The molecule has 0 radical (unpaired) electrons. The summed E-state index contributed by atoms with van der Waals surface area (Å²) in [7, 11) is 0. The monoisotopic (exact) mass is 329 g/mol. The Balaban J connectivity index is 3.25. The standard InChI is InChI=1S/C8H7Br2F2NO/c9-3-1-2-4(10)7(14)5(3)6(13)8(11)12/h1-2,6,8,14H,13H2/t6-/m0/s1. The number of benzene rings is 1. The summed E-state index contributed by atoms with van der Waals surface area (Å²) in [5.41, 5.74) is 5.26. The summed E-state index contributed by atoms with van der Waals surface area (Å²) in [6.07, 6.45) is -2.72. The highest BCUT2D eigenvalue weighted by atomic mass is 79.9. The number of rotatable bonds is 2. The van der Waals surface area contributed by atoms with Crippen molar-refractivity contribution < 1.29 is 13.9 Å². The number of alkyl halides is 2. The van der Waals surface area contributed by atoms with Crippen LogP contribution in [0.4, 0.5) is 8.78 Å². The lowest BCUT2D eigenvalue weighted by atomic mass is 10.1. The highest BCUT2D eigenvalue weighted by molar-refractivity contribution is 9.11. The molecule has 2 nitrogen and oxygen atoms in total. The van der Waals surface area contributed by atoms with Gasteiger partial charge in [0.25, 0.3) is 6.43 Å². The van der Waals surface area contributed by atoms with Crippen LogP contribution in [0.15, 0.2) is 21.1 Å². The number of halogens is 4. The molecular weight excluding hydrogens is 324 g/mol. The molecule has 3 N–H and O–H groups in total. The van der Waals surface area contributed by atoms with Crippen LogP contribution < -0.4 is 5.73 Å². The van der Waals surface area contributed by atoms with Crippen LogP contribution in [0.2, 0.25) is 0 Å². The fourth-order valence-electron chi connectivity index (χ4n) is 1.000. The third kappa shape index (κ3) is 2.24. The minimum absolute atomic E-state index is 0.00868. The van der Waals surface area contributed by atoms with Gasteiger partial charge < -0.3 is 10.8 Å². The zero-order chi connectivity index (χ0) is 10.9. The lowest BCUT2D eigenvalue weighted by Crippen LogP contribution is -2.19. The molecule has 0 heterocycles. The molecule has 1 atom stereocenters. The molecule has 14 heavy (non-hydrogen) atoms. The van der Waals surface area contributed by atoms with Crippen molar-refractivity contribution in [1.29, 1.82) is 0 Å². The summed E-state index contributed by atoms with van der Waals surface area (Å²) in [4.78, 5) is 0.